The molecular weight excluding hydrogens is 550 g/mol. The average Bonchev–Trinajstić information content (AvgIpc) is 3.39. The van der Waals surface area contributed by atoms with Crippen LogP contribution in [0.4, 0.5) is 14.7 Å². The van der Waals surface area contributed by atoms with Crippen LogP contribution in [0.1, 0.15) is 30.0 Å². The van der Waals surface area contributed by atoms with Crippen molar-refractivity contribution in [3.63, 3.8) is 0 Å². The number of nitrogens with two attached hydrogens (primary N) is 1. The summed E-state index contributed by atoms with van der Waals surface area (Å²) in [6.45, 7) is 3.86. The second-order valence-electron chi connectivity index (χ2n) is 10.7. The van der Waals surface area contributed by atoms with E-state index >= 15 is 0 Å². The van der Waals surface area contributed by atoms with Crippen molar-refractivity contribution in [2.75, 3.05) is 32.4 Å². The quantitative estimate of drug-likeness (QED) is 0.369. The molecule has 3 N–H and O–H groups in total. The van der Waals surface area contributed by atoms with Crippen molar-refractivity contribution in [1.82, 2.24) is 24.1 Å². The first-order valence-electron chi connectivity index (χ1n) is 13.3. The van der Waals surface area contributed by atoms with Crippen LogP contribution in [0.5, 0.6) is 0 Å². The average molecular weight is 581 g/mol. The van der Waals surface area contributed by atoms with E-state index in [4.69, 9.17) is 5.73 Å². The van der Waals surface area contributed by atoms with Gasteiger partial charge in [0.1, 0.15) is 0 Å². The van der Waals surface area contributed by atoms with Crippen LogP contribution >= 0.6 is 0 Å². The van der Waals surface area contributed by atoms with Gasteiger partial charge in [-0.25, -0.2) is 27.2 Å². The summed E-state index contributed by atoms with van der Waals surface area (Å²) in [7, 11) is -2.26. The number of benzene rings is 3. The lowest BCUT2D eigenvalue weighted by Crippen LogP contribution is -2.51. The number of sulfonamides is 1. The van der Waals surface area contributed by atoms with Crippen LogP contribution in [0.3, 0.4) is 0 Å². The summed E-state index contributed by atoms with van der Waals surface area (Å²) in [5.41, 5.74) is 9.14. The topological polar surface area (TPSA) is 116 Å². The number of fused-ring (bicyclic) bond motifs is 2. The molecule has 1 fully saturated rings. The molecule has 0 aliphatic carbocycles. The van der Waals surface area contributed by atoms with Crippen molar-refractivity contribution < 1.29 is 22.3 Å². The Hall–Kier alpha value is -3.55. The zero-order valence-corrected chi connectivity index (χ0v) is 23.4. The van der Waals surface area contributed by atoms with Gasteiger partial charge in [-0.15, -0.1) is 0 Å². The van der Waals surface area contributed by atoms with E-state index in [1.807, 2.05) is 48.0 Å². The van der Waals surface area contributed by atoms with Gasteiger partial charge >= 0.3 is 0 Å². The predicted octanol–water partition coefficient (Wildman–Crippen LogP) is 3.49. The number of hydrogen-bond donors (Lipinski definition) is 2. The van der Waals surface area contributed by atoms with E-state index in [-0.39, 0.29) is 41.2 Å². The molecule has 0 amide bonds. The Morgan fingerprint density at radius 3 is 2.37 bits per heavy atom. The summed E-state index contributed by atoms with van der Waals surface area (Å²) >= 11 is 0. The number of hydrogen-bond acceptors (Lipinski definition) is 8. The van der Waals surface area contributed by atoms with Gasteiger partial charge in [-0.05, 0) is 54.9 Å². The van der Waals surface area contributed by atoms with E-state index in [9.17, 15) is 22.3 Å². The Bertz CT molecular complexity index is 1740. The maximum Gasteiger partial charge on any atom is 0.243 e. The number of nitrogen functional groups attached to an aromatic ring is 1. The molecule has 41 heavy (non-hydrogen) atoms. The largest absolute Gasteiger partial charge is 0.372 e. The van der Waals surface area contributed by atoms with Gasteiger partial charge in [-0.1, -0.05) is 30.3 Å². The van der Waals surface area contributed by atoms with Crippen molar-refractivity contribution in [2.24, 2.45) is 0 Å². The minimum absolute atomic E-state index is 0.00298. The number of halogens is 2. The summed E-state index contributed by atoms with van der Waals surface area (Å²) in [5.74, 6) is -2.46. The number of rotatable bonds is 5. The van der Waals surface area contributed by atoms with Crippen LogP contribution in [-0.2, 0) is 23.1 Å². The van der Waals surface area contributed by atoms with Crippen molar-refractivity contribution in [1.29, 1.82) is 0 Å². The smallest absolute Gasteiger partial charge is 0.243 e. The summed E-state index contributed by atoms with van der Waals surface area (Å²) in [5, 5.41) is 11.8. The van der Waals surface area contributed by atoms with Gasteiger partial charge in [0, 0.05) is 49.7 Å². The zero-order valence-electron chi connectivity index (χ0n) is 22.6. The summed E-state index contributed by atoms with van der Waals surface area (Å²) < 4.78 is 58.0. The minimum Gasteiger partial charge on any atom is -0.372 e. The van der Waals surface area contributed by atoms with Gasteiger partial charge in [-0.3, -0.25) is 4.90 Å². The second-order valence-corrected chi connectivity index (χ2v) is 12.6. The molecule has 12 heteroatoms. The molecule has 6 rings (SSSR count). The summed E-state index contributed by atoms with van der Waals surface area (Å²) in [6.07, 6.45) is -1.15. The molecule has 1 saturated heterocycles. The van der Waals surface area contributed by atoms with E-state index in [2.05, 4.69) is 9.97 Å². The van der Waals surface area contributed by atoms with Crippen LogP contribution in [0.2, 0.25) is 0 Å². The molecule has 0 spiro atoms. The Morgan fingerprint density at radius 1 is 1.00 bits per heavy atom. The monoisotopic (exact) mass is 580 g/mol. The predicted molar refractivity (Wildman–Crippen MR) is 151 cm³/mol. The van der Waals surface area contributed by atoms with Gasteiger partial charge in [-0.2, -0.15) is 4.31 Å². The van der Waals surface area contributed by atoms with E-state index in [1.165, 1.54) is 4.31 Å². The van der Waals surface area contributed by atoms with Crippen LogP contribution in [-0.4, -0.2) is 70.3 Å². The van der Waals surface area contributed by atoms with Crippen LogP contribution in [0.15, 0.2) is 59.5 Å². The summed E-state index contributed by atoms with van der Waals surface area (Å²) in [4.78, 5) is 12.2. The van der Waals surface area contributed by atoms with Crippen molar-refractivity contribution >= 4 is 26.9 Å². The molecule has 3 heterocycles. The molecule has 4 aromatic rings. The van der Waals surface area contributed by atoms with E-state index in [0.717, 1.165) is 23.3 Å². The van der Waals surface area contributed by atoms with Crippen molar-refractivity contribution in [3.8, 4) is 11.1 Å². The SMILES string of the molecule is CC1CN(S(=O)(=O)c2cc(F)c(F)cc2-c2ccc3nc(N)nc(C(O)N4Cc5ccccc5C4)c3c2)CCN1C. The normalized spacial score (nSPS) is 19.5. The Kier molecular flexibility index (Phi) is 6.99. The molecule has 2 atom stereocenters. The highest BCUT2D eigenvalue weighted by Crippen LogP contribution is 2.37. The molecule has 2 aliphatic heterocycles. The van der Waals surface area contributed by atoms with E-state index < -0.39 is 27.9 Å². The molecule has 9 nitrogen and oxygen atoms in total. The Labute approximate surface area is 236 Å². The Morgan fingerprint density at radius 2 is 1.68 bits per heavy atom. The van der Waals surface area contributed by atoms with Crippen LogP contribution < -0.4 is 5.73 Å². The third-order valence-electron chi connectivity index (χ3n) is 8.07. The fraction of sp³-hybridized carbons (Fsp3) is 0.310. The van der Waals surface area contributed by atoms with Crippen LogP contribution in [0, 0.1) is 11.6 Å². The number of aliphatic hydroxyl groups is 1. The first kappa shape index (κ1) is 27.6. The van der Waals surface area contributed by atoms with Gasteiger partial charge in [0.2, 0.25) is 16.0 Å². The standard InChI is InChI=1S/C29H30F2N6O3S/c1-17-14-37(10-9-35(17)2)41(39,40)26-13-24(31)23(30)12-21(26)18-7-8-25-22(11-18)27(34-29(32)33-25)28(38)36-15-19-5-3-4-6-20(19)16-36/h3-8,11-13,17,28,38H,9-10,14-16H2,1-2H3,(H2,32,33,34). The van der Waals surface area contributed by atoms with Crippen LogP contribution in [0.25, 0.3) is 22.0 Å². The lowest BCUT2D eigenvalue weighted by atomic mass is 10.0. The van der Waals surface area contributed by atoms with Gasteiger partial charge in [0.05, 0.1) is 16.1 Å². The summed E-state index contributed by atoms with van der Waals surface area (Å²) in [6, 6.07) is 14.2. The molecule has 0 radical (unpaired) electrons. The van der Waals surface area contributed by atoms with E-state index in [0.29, 0.717) is 36.1 Å². The number of aliphatic hydroxyl groups excluding tert-OH is 1. The second kappa shape index (κ2) is 10.4. The molecule has 0 bridgehead atoms. The highest BCUT2D eigenvalue weighted by Gasteiger charge is 2.34. The molecule has 2 unspecified atom stereocenters. The lowest BCUT2D eigenvalue weighted by molar-refractivity contribution is -0.00372. The third-order valence-corrected chi connectivity index (χ3v) is 9.98. The number of likely N-dealkylation sites (N-methyl/N-ethyl adjacent to an activating group) is 1. The van der Waals surface area contributed by atoms with Crippen molar-refractivity contribution in [2.45, 2.75) is 37.2 Å². The maximum atomic E-state index is 14.6. The lowest BCUT2D eigenvalue weighted by Gasteiger charge is -2.37. The third kappa shape index (κ3) is 4.95. The Balaban J connectivity index is 1.45. The molecule has 1 aromatic heterocycles. The number of piperazine rings is 1. The number of aromatic nitrogens is 2. The highest BCUT2D eigenvalue weighted by atomic mass is 32.2. The molecular formula is C29H30F2N6O3S. The minimum atomic E-state index is -4.18. The maximum absolute atomic E-state index is 14.6. The van der Waals surface area contributed by atoms with Crippen molar-refractivity contribution in [3.05, 3.63) is 83.1 Å². The molecule has 3 aromatic carbocycles. The van der Waals surface area contributed by atoms with E-state index in [1.54, 1.807) is 18.2 Å². The fourth-order valence-electron chi connectivity index (χ4n) is 5.58. The zero-order chi connectivity index (χ0) is 29.1. The molecule has 0 saturated carbocycles. The molecule has 214 valence electrons. The van der Waals surface area contributed by atoms with Gasteiger partial charge < -0.3 is 15.7 Å². The number of nitrogens with zero attached hydrogens (tertiary/aromatic N) is 5. The fourth-order valence-corrected chi connectivity index (χ4v) is 7.30. The number of anilines is 1. The molecule has 2 aliphatic rings. The van der Waals surface area contributed by atoms with Gasteiger partial charge in [0.15, 0.2) is 17.9 Å². The van der Waals surface area contributed by atoms with Gasteiger partial charge in [0.25, 0.3) is 0 Å². The first-order chi connectivity index (χ1) is 19.5. The highest BCUT2D eigenvalue weighted by molar-refractivity contribution is 7.89. The first-order valence-corrected chi connectivity index (χ1v) is 14.7.